The molecule has 0 amide bonds. The molecule has 170 valence electrons. The van der Waals surface area contributed by atoms with Crippen LogP contribution in [-0.2, 0) is 41.7 Å². The maximum atomic E-state index is 12.8. The van der Waals surface area contributed by atoms with Gasteiger partial charge in [-0.05, 0) is 11.1 Å². The van der Waals surface area contributed by atoms with Crippen molar-refractivity contribution in [3.05, 3.63) is 108 Å². The summed E-state index contributed by atoms with van der Waals surface area (Å²) in [7, 11) is 0. The molecule has 2 heterocycles. The van der Waals surface area contributed by atoms with Crippen molar-refractivity contribution in [2.45, 2.75) is 43.9 Å². The van der Waals surface area contributed by atoms with Crippen LogP contribution in [0.25, 0.3) is 0 Å². The van der Waals surface area contributed by atoms with Crippen LogP contribution in [0.3, 0.4) is 0 Å². The summed E-state index contributed by atoms with van der Waals surface area (Å²) in [5.74, 6) is -0.444. The van der Waals surface area contributed by atoms with E-state index in [1.807, 2.05) is 91.0 Å². The lowest BCUT2D eigenvalue weighted by Crippen LogP contribution is -2.42. The topological polar surface area (TPSA) is 63.2 Å². The number of ether oxygens (including phenoxy) is 5. The first-order valence-electron chi connectivity index (χ1n) is 11.1. The number of rotatable bonds is 8. The molecule has 0 unspecified atom stereocenters. The van der Waals surface area contributed by atoms with Crippen LogP contribution in [-0.4, -0.2) is 37.0 Å². The predicted molar refractivity (Wildman–Crippen MR) is 120 cm³/mol. The highest BCUT2D eigenvalue weighted by Gasteiger charge is 2.52. The fourth-order valence-electron chi connectivity index (χ4n) is 4.11. The van der Waals surface area contributed by atoms with Gasteiger partial charge in [0.25, 0.3) is 0 Å². The van der Waals surface area contributed by atoms with Crippen molar-refractivity contribution in [1.29, 1.82) is 0 Å². The first kappa shape index (κ1) is 21.8. The smallest absolute Gasteiger partial charge is 0.338 e. The van der Waals surface area contributed by atoms with Crippen molar-refractivity contribution >= 4 is 5.97 Å². The van der Waals surface area contributed by atoms with Gasteiger partial charge in [0, 0.05) is 5.56 Å². The molecule has 0 aromatic heterocycles. The molecule has 0 spiro atoms. The normalized spacial score (nSPS) is 26.9. The minimum Gasteiger partial charge on any atom is -0.455 e. The Labute approximate surface area is 193 Å². The summed E-state index contributed by atoms with van der Waals surface area (Å²) in [5, 5.41) is 0. The molecule has 3 aromatic rings. The summed E-state index contributed by atoms with van der Waals surface area (Å²) < 4.78 is 30.0. The maximum Gasteiger partial charge on any atom is 0.338 e. The molecule has 0 radical (unpaired) electrons. The lowest BCUT2D eigenvalue weighted by molar-refractivity contribution is -0.154. The van der Waals surface area contributed by atoms with E-state index < -0.39 is 36.7 Å². The van der Waals surface area contributed by atoms with Gasteiger partial charge < -0.3 is 23.7 Å². The second kappa shape index (κ2) is 10.3. The molecule has 2 aliphatic heterocycles. The molecule has 2 saturated heterocycles. The number of carbonyl (C=O) groups is 1. The average Bonchev–Trinajstić information content (AvgIpc) is 3.48. The van der Waals surface area contributed by atoms with Crippen LogP contribution in [0.5, 0.6) is 0 Å². The number of benzene rings is 3. The highest BCUT2D eigenvalue weighted by molar-refractivity contribution is 5.78. The monoisotopic (exact) mass is 446 g/mol. The Morgan fingerprint density at radius 1 is 0.758 bits per heavy atom. The van der Waals surface area contributed by atoms with Gasteiger partial charge in [-0.2, -0.15) is 0 Å². The maximum absolute atomic E-state index is 12.8. The number of cyclic esters (lactones) is 1. The van der Waals surface area contributed by atoms with Crippen LogP contribution in [0.15, 0.2) is 91.0 Å². The van der Waals surface area contributed by atoms with Crippen molar-refractivity contribution in [3.63, 3.8) is 0 Å². The molecule has 0 saturated carbocycles. The zero-order valence-electron chi connectivity index (χ0n) is 18.1. The molecule has 0 bridgehead atoms. The molecule has 0 aliphatic carbocycles. The molecule has 0 N–H and O–H groups in total. The Bertz CT molecular complexity index is 1030. The Morgan fingerprint density at radius 2 is 1.33 bits per heavy atom. The van der Waals surface area contributed by atoms with E-state index in [-0.39, 0.29) is 6.61 Å². The summed E-state index contributed by atoms with van der Waals surface area (Å²) in [6, 6.07) is 29.2. The van der Waals surface area contributed by atoms with Crippen LogP contribution < -0.4 is 0 Å². The van der Waals surface area contributed by atoms with Gasteiger partial charge in [0.2, 0.25) is 0 Å². The zero-order valence-corrected chi connectivity index (χ0v) is 18.1. The largest absolute Gasteiger partial charge is 0.455 e. The van der Waals surface area contributed by atoms with E-state index in [1.54, 1.807) is 0 Å². The van der Waals surface area contributed by atoms with Gasteiger partial charge in [0.1, 0.15) is 12.2 Å². The highest BCUT2D eigenvalue weighted by atomic mass is 16.7. The van der Waals surface area contributed by atoms with E-state index in [1.165, 1.54) is 0 Å². The Hall–Kier alpha value is -3.03. The number of hydrogen-bond donors (Lipinski definition) is 0. The van der Waals surface area contributed by atoms with Crippen molar-refractivity contribution in [2.24, 2.45) is 0 Å². The highest BCUT2D eigenvalue weighted by Crippen LogP contribution is 2.34. The van der Waals surface area contributed by atoms with Crippen LogP contribution in [0.2, 0.25) is 0 Å². The first-order chi connectivity index (χ1) is 16.3. The van der Waals surface area contributed by atoms with Gasteiger partial charge >= 0.3 is 5.97 Å². The summed E-state index contributed by atoms with van der Waals surface area (Å²) in [6.07, 6.45) is -3.06. The third-order valence-electron chi connectivity index (χ3n) is 5.81. The van der Waals surface area contributed by atoms with Crippen LogP contribution >= 0.6 is 0 Å². The van der Waals surface area contributed by atoms with Gasteiger partial charge in [0.15, 0.2) is 18.5 Å². The number of carbonyl (C=O) groups excluding carboxylic acids is 1. The first-order valence-corrected chi connectivity index (χ1v) is 11.1. The molecular weight excluding hydrogens is 420 g/mol. The SMILES string of the molecule is O=C1O[C@H]([C@H]2CO[C@H](c3ccccc3)O2)[C@H](OCc2ccccc2)[C@H]1OCc1ccccc1. The summed E-state index contributed by atoms with van der Waals surface area (Å²) in [5.41, 5.74) is 2.89. The Morgan fingerprint density at radius 3 is 1.97 bits per heavy atom. The number of hydrogen-bond acceptors (Lipinski definition) is 6. The van der Waals surface area contributed by atoms with E-state index in [0.717, 1.165) is 16.7 Å². The quantitative estimate of drug-likeness (QED) is 0.484. The second-order valence-electron chi connectivity index (χ2n) is 8.13. The van der Waals surface area contributed by atoms with E-state index in [2.05, 4.69) is 0 Å². The standard InChI is InChI=1S/C27H26O6/c28-26-25(30-17-20-12-6-2-7-13-20)24(29-16-19-10-4-1-5-11-19)23(33-26)22-18-31-27(32-22)21-14-8-3-9-15-21/h1-15,22-25,27H,16-18H2/t22-,23-,24+,25-,27+/m1/s1. The molecule has 6 nitrogen and oxygen atoms in total. The summed E-state index contributed by atoms with van der Waals surface area (Å²) in [6.45, 7) is 0.917. The summed E-state index contributed by atoms with van der Waals surface area (Å²) in [4.78, 5) is 12.8. The van der Waals surface area contributed by atoms with Gasteiger partial charge in [-0.1, -0.05) is 91.0 Å². The average molecular weight is 446 g/mol. The molecule has 6 heteroatoms. The fourth-order valence-corrected chi connectivity index (χ4v) is 4.11. The third kappa shape index (κ3) is 5.15. The van der Waals surface area contributed by atoms with E-state index in [9.17, 15) is 4.79 Å². The van der Waals surface area contributed by atoms with Crippen molar-refractivity contribution in [1.82, 2.24) is 0 Å². The van der Waals surface area contributed by atoms with Crippen LogP contribution in [0.1, 0.15) is 23.0 Å². The van der Waals surface area contributed by atoms with Crippen LogP contribution in [0, 0.1) is 0 Å². The van der Waals surface area contributed by atoms with Gasteiger partial charge in [-0.25, -0.2) is 4.79 Å². The molecule has 33 heavy (non-hydrogen) atoms. The zero-order chi connectivity index (χ0) is 22.5. The summed E-state index contributed by atoms with van der Waals surface area (Å²) >= 11 is 0. The van der Waals surface area contributed by atoms with Gasteiger partial charge in [-0.15, -0.1) is 0 Å². The Balaban J connectivity index is 1.31. The van der Waals surface area contributed by atoms with Crippen molar-refractivity contribution in [3.8, 4) is 0 Å². The number of esters is 1. The molecule has 3 aromatic carbocycles. The second-order valence-corrected chi connectivity index (χ2v) is 8.13. The van der Waals surface area contributed by atoms with E-state index in [0.29, 0.717) is 13.2 Å². The molecule has 5 rings (SSSR count). The minimum atomic E-state index is -0.849. The van der Waals surface area contributed by atoms with E-state index in [4.69, 9.17) is 23.7 Å². The van der Waals surface area contributed by atoms with Crippen molar-refractivity contribution in [2.75, 3.05) is 6.61 Å². The lowest BCUT2D eigenvalue weighted by atomic mass is 10.1. The molecule has 2 fully saturated rings. The minimum absolute atomic E-state index is 0.285. The van der Waals surface area contributed by atoms with E-state index >= 15 is 0 Å². The molecular formula is C27H26O6. The van der Waals surface area contributed by atoms with Gasteiger partial charge in [0.05, 0.1) is 19.8 Å². The Kier molecular flexibility index (Phi) is 6.79. The van der Waals surface area contributed by atoms with Crippen LogP contribution in [0.4, 0.5) is 0 Å². The molecule has 2 aliphatic rings. The predicted octanol–water partition coefficient (Wildman–Crippen LogP) is 4.20. The van der Waals surface area contributed by atoms with Crippen molar-refractivity contribution < 1.29 is 28.5 Å². The van der Waals surface area contributed by atoms with Gasteiger partial charge in [-0.3, -0.25) is 0 Å². The fraction of sp³-hybridized carbons (Fsp3) is 0.296. The molecule has 5 atom stereocenters. The third-order valence-corrected chi connectivity index (χ3v) is 5.81. The lowest BCUT2D eigenvalue weighted by Gasteiger charge is -2.25.